The first-order chi connectivity index (χ1) is 8.36. The molecule has 2 unspecified atom stereocenters. The topological polar surface area (TPSA) is 75.6 Å². The van der Waals surface area contributed by atoms with Crippen LogP contribution in [0.1, 0.15) is 25.5 Å². The van der Waals surface area contributed by atoms with E-state index >= 15 is 0 Å². The van der Waals surface area contributed by atoms with Crippen molar-refractivity contribution in [2.24, 2.45) is 0 Å². The second-order valence-electron chi connectivity index (χ2n) is 4.23. The molecule has 1 rings (SSSR count). The van der Waals surface area contributed by atoms with Crippen LogP contribution in [0.15, 0.2) is 29.2 Å². The fourth-order valence-electron chi connectivity index (χ4n) is 1.56. The molecule has 0 spiro atoms. The minimum atomic E-state index is -3.58. The number of sulfonamides is 1. The summed E-state index contributed by atoms with van der Waals surface area (Å²) in [5, 5.41) is 9.44. The Morgan fingerprint density at radius 2 is 2.06 bits per heavy atom. The van der Waals surface area contributed by atoms with Crippen molar-refractivity contribution >= 4 is 10.0 Å². The van der Waals surface area contributed by atoms with Gasteiger partial charge in [0.05, 0.1) is 17.6 Å². The Morgan fingerprint density at radius 3 is 2.61 bits per heavy atom. The van der Waals surface area contributed by atoms with Crippen molar-refractivity contribution < 1.29 is 18.3 Å². The maximum Gasteiger partial charge on any atom is 0.240 e. The third-order valence-electron chi connectivity index (χ3n) is 2.42. The van der Waals surface area contributed by atoms with Gasteiger partial charge in [-0.2, -0.15) is 0 Å². The van der Waals surface area contributed by atoms with Crippen molar-refractivity contribution in [1.29, 1.82) is 0 Å². The monoisotopic (exact) mass is 273 g/mol. The minimum Gasteiger partial charge on any atom is -0.389 e. The molecule has 0 fully saturated rings. The highest BCUT2D eigenvalue weighted by atomic mass is 32.2. The Hall–Kier alpha value is -0.950. The van der Waals surface area contributed by atoms with E-state index in [1.54, 1.807) is 26.0 Å². The van der Waals surface area contributed by atoms with Crippen LogP contribution in [0.5, 0.6) is 0 Å². The van der Waals surface area contributed by atoms with Crippen molar-refractivity contribution in [2.45, 2.75) is 30.9 Å². The van der Waals surface area contributed by atoms with Gasteiger partial charge in [-0.3, -0.25) is 0 Å². The average molecular weight is 273 g/mol. The molecule has 2 N–H and O–H groups in total. The molecule has 0 bridgehead atoms. The molecule has 0 saturated carbocycles. The summed E-state index contributed by atoms with van der Waals surface area (Å²) in [6.45, 7) is 3.61. The summed E-state index contributed by atoms with van der Waals surface area (Å²) in [5.41, 5.74) is 0.567. The Morgan fingerprint density at radius 1 is 1.39 bits per heavy atom. The van der Waals surface area contributed by atoms with Crippen LogP contribution in [0.2, 0.25) is 0 Å². The molecule has 0 heterocycles. The van der Waals surface area contributed by atoms with Gasteiger partial charge in [0.1, 0.15) is 0 Å². The van der Waals surface area contributed by atoms with Crippen molar-refractivity contribution in [1.82, 2.24) is 4.72 Å². The molecule has 0 amide bonds. The molecule has 0 aromatic heterocycles. The molecule has 18 heavy (non-hydrogen) atoms. The molecular weight excluding hydrogens is 254 g/mol. The molecule has 0 aliphatic heterocycles. The highest BCUT2D eigenvalue weighted by Crippen LogP contribution is 2.17. The largest absolute Gasteiger partial charge is 0.389 e. The number of aliphatic hydroxyl groups is 1. The molecule has 1 aromatic rings. The zero-order valence-electron chi connectivity index (χ0n) is 10.8. The lowest BCUT2D eigenvalue weighted by atomic mass is 10.1. The minimum absolute atomic E-state index is 0.142. The fraction of sp³-hybridized carbons (Fsp3) is 0.500. The fourth-order valence-corrected chi connectivity index (χ4v) is 2.84. The van der Waals surface area contributed by atoms with Crippen LogP contribution >= 0.6 is 0 Å². The quantitative estimate of drug-likeness (QED) is 0.812. The van der Waals surface area contributed by atoms with Gasteiger partial charge in [-0.25, -0.2) is 13.1 Å². The summed E-state index contributed by atoms with van der Waals surface area (Å²) in [6, 6.07) is 5.94. The SMILES string of the molecule is COCC(C)NS(=O)(=O)c1cccc(C(C)O)c1. The summed E-state index contributed by atoms with van der Waals surface area (Å²) in [7, 11) is -2.07. The van der Waals surface area contributed by atoms with E-state index in [1.807, 2.05) is 0 Å². The number of ether oxygens (including phenoxy) is 1. The average Bonchev–Trinajstić information content (AvgIpc) is 2.28. The highest BCUT2D eigenvalue weighted by Gasteiger charge is 2.18. The number of aliphatic hydroxyl groups excluding tert-OH is 1. The second-order valence-corrected chi connectivity index (χ2v) is 5.94. The van der Waals surface area contributed by atoms with Crippen molar-refractivity contribution in [3.63, 3.8) is 0 Å². The summed E-state index contributed by atoms with van der Waals surface area (Å²) in [4.78, 5) is 0.142. The third-order valence-corrected chi connectivity index (χ3v) is 4.01. The van der Waals surface area contributed by atoms with Gasteiger partial charge in [0.25, 0.3) is 0 Å². The van der Waals surface area contributed by atoms with E-state index in [4.69, 9.17) is 4.74 Å². The number of benzene rings is 1. The van der Waals surface area contributed by atoms with Crippen molar-refractivity contribution in [2.75, 3.05) is 13.7 Å². The van der Waals surface area contributed by atoms with Crippen LogP contribution in [-0.2, 0) is 14.8 Å². The lowest BCUT2D eigenvalue weighted by Crippen LogP contribution is -2.35. The predicted octanol–water partition coefficient (Wildman–Crippen LogP) is 1.05. The molecular formula is C12H19NO4S. The maximum atomic E-state index is 12.0. The van der Waals surface area contributed by atoms with Gasteiger partial charge < -0.3 is 9.84 Å². The highest BCUT2D eigenvalue weighted by molar-refractivity contribution is 7.89. The van der Waals surface area contributed by atoms with Crippen LogP contribution in [0.25, 0.3) is 0 Å². The second kappa shape index (κ2) is 6.29. The zero-order valence-corrected chi connectivity index (χ0v) is 11.6. The Balaban J connectivity index is 2.94. The number of methoxy groups -OCH3 is 1. The van der Waals surface area contributed by atoms with Gasteiger partial charge >= 0.3 is 0 Å². The smallest absolute Gasteiger partial charge is 0.240 e. The molecule has 0 radical (unpaired) electrons. The van der Waals surface area contributed by atoms with E-state index in [0.29, 0.717) is 12.2 Å². The Bertz CT molecular complexity index is 485. The molecule has 5 nitrogen and oxygen atoms in total. The van der Waals surface area contributed by atoms with Crippen LogP contribution in [0, 0.1) is 0 Å². The molecule has 2 atom stereocenters. The van der Waals surface area contributed by atoms with E-state index < -0.39 is 16.1 Å². The van der Waals surface area contributed by atoms with Gasteiger partial charge in [-0.1, -0.05) is 12.1 Å². The van der Waals surface area contributed by atoms with E-state index in [1.165, 1.54) is 19.2 Å². The molecule has 0 saturated heterocycles. The summed E-state index contributed by atoms with van der Waals surface area (Å²) >= 11 is 0. The first kappa shape index (κ1) is 15.1. The lowest BCUT2D eigenvalue weighted by molar-refractivity contribution is 0.180. The van der Waals surface area contributed by atoms with Gasteiger partial charge in [0, 0.05) is 13.2 Å². The predicted molar refractivity (Wildman–Crippen MR) is 68.7 cm³/mol. The Kier molecular flexibility index (Phi) is 5.28. The van der Waals surface area contributed by atoms with E-state index in [9.17, 15) is 13.5 Å². The van der Waals surface area contributed by atoms with Crippen LogP contribution < -0.4 is 4.72 Å². The number of hydrogen-bond acceptors (Lipinski definition) is 4. The van der Waals surface area contributed by atoms with Crippen molar-refractivity contribution in [3.8, 4) is 0 Å². The molecule has 6 heteroatoms. The van der Waals surface area contributed by atoms with Crippen molar-refractivity contribution in [3.05, 3.63) is 29.8 Å². The standard InChI is InChI=1S/C12H19NO4S/c1-9(8-17-3)13-18(15,16)12-6-4-5-11(7-12)10(2)14/h4-7,9-10,13-14H,8H2,1-3H3. The number of rotatable bonds is 6. The van der Waals surface area contributed by atoms with Gasteiger partial charge in [0.2, 0.25) is 10.0 Å². The van der Waals surface area contributed by atoms with E-state index in [2.05, 4.69) is 4.72 Å². The first-order valence-electron chi connectivity index (χ1n) is 5.66. The lowest BCUT2D eigenvalue weighted by Gasteiger charge is -2.14. The maximum absolute atomic E-state index is 12.0. The summed E-state index contributed by atoms with van der Waals surface area (Å²) in [6.07, 6.45) is -0.698. The summed E-state index contributed by atoms with van der Waals surface area (Å²) < 4.78 is 31.5. The van der Waals surface area contributed by atoms with Crippen LogP contribution in [0.4, 0.5) is 0 Å². The van der Waals surface area contributed by atoms with Gasteiger partial charge in [0.15, 0.2) is 0 Å². The van der Waals surface area contributed by atoms with Gasteiger partial charge in [-0.15, -0.1) is 0 Å². The zero-order chi connectivity index (χ0) is 13.8. The number of nitrogens with one attached hydrogen (secondary N) is 1. The molecule has 0 aliphatic carbocycles. The van der Waals surface area contributed by atoms with Gasteiger partial charge in [-0.05, 0) is 31.5 Å². The number of hydrogen-bond donors (Lipinski definition) is 2. The van der Waals surface area contributed by atoms with E-state index in [0.717, 1.165) is 0 Å². The molecule has 0 aliphatic rings. The van der Waals surface area contributed by atoms with E-state index in [-0.39, 0.29) is 10.9 Å². The normalized spacial score (nSPS) is 15.3. The Labute approximate surface area is 108 Å². The van der Waals surface area contributed by atoms with Crippen LogP contribution in [0.3, 0.4) is 0 Å². The third kappa shape index (κ3) is 4.06. The summed E-state index contributed by atoms with van der Waals surface area (Å²) in [5.74, 6) is 0. The van der Waals surface area contributed by atoms with Crippen LogP contribution in [-0.4, -0.2) is 33.3 Å². The molecule has 1 aromatic carbocycles. The first-order valence-corrected chi connectivity index (χ1v) is 7.14. The molecule has 102 valence electrons.